The van der Waals surface area contributed by atoms with Gasteiger partial charge in [0.25, 0.3) is 0 Å². The molecule has 2 aromatic rings. The van der Waals surface area contributed by atoms with Gasteiger partial charge in [0.2, 0.25) is 9.84 Å². The first-order valence-corrected chi connectivity index (χ1v) is 10.1. The maximum absolute atomic E-state index is 13.0. The van der Waals surface area contributed by atoms with Gasteiger partial charge in [0, 0.05) is 18.0 Å². The zero-order chi connectivity index (χ0) is 21.4. The van der Waals surface area contributed by atoms with Gasteiger partial charge in [-0.05, 0) is 43.3 Å². The van der Waals surface area contributed by atoms with Gasteiger partial charge in [-0.2, -0.15) is 0 Å². The Labute approximate surface area is 170 Å². The number of anilines is 1. The van der Waals surface area contributed by atoms with Crippen LogP contribution in [-0.2, 0) is 19.4 Å². The Hall–Kier alpha value is -3.20. The molecule has 0 fully saturated rings. The van der Waals surface area contributed by atoms with Gasteiger partial charge < -0.3 is 24.3 Å². The van der Waals surface area contributed by atoms with Crippen LogP contribution < -0.4 is 19.5 Å². The van der Waals surface area contributed by atoms with Crippen LogP contribution >= 0.6 is 0 Å². The molecule has 156 valence electrons. The summed E-state index contributed by atoms with van der Waals surface area (Å²) < 4.78 is 46.2. The molecule has 0 bridgehead atoms. The molecule has 9 heteroatoms. The van der Waals surface area contributed by atoms with Crippen LogP contribution in [0, 0.1) is 0 Å². The third kappa shape index (κ3) is 5.20. The first kappa shape index (κ1) is 22.1. The van der Waals surface area contributed by atoms with Crippen molar-refractivity contribution in [1.29, 1.82) is 0 Å². The van der Waals surface area contributed by atoms with Crippen molar-refractivity contribution in [2.75, 3.05) is 33.3 Å². The van der Waals surface area contributed by atoms with Crippen LogP contribution in [0.2, 0.25) is 0 Å². The maximum atomic E-state index is 13.0. The minimum atomic E-state index is -4.13. The highest BCUT2D eigenvalue weighted by Crippen LogP contribution is 2.30. The van der Waals surface area contributed by atoms with Crippen molar-refractivity contribution in [3.8, 4) is 17.2 Å². The highest BCUT2D eigenvalue weighted by Gasteiger charge is 2.28. The average molecular weight is 421 g/mol. The normalized spacial score (nSPS) is 11.5. The smallest absolute Gasteiger partial charge is 0.351 e. The summed E-state index contributed by atoms with van der Waals surface area (Å²) in [6, 6.07) is 10.7. The Balaban J connectivity index is 2.38. The van der Waals surface area contributed by atoms with Crippen molar-refractivity contribution in [2.45, 2.75) is 11.8 Å². The maximum Gasteiger partial charge on any atom is 0.351 e. The van der Waals surface area contributed by atoms with Gasteiger partial charge in [-0.25, -0.2) is 13.2 Å². The lowest BCUT2D eigenvalue weighted by Gasteiger charge is -2.11. The number of sulfone groups is 1. The van der Waals surface area contributed by atoms with Gasteiger partial charge in [0.05, 0.1) is 32.8 Å². The molecule has 1 N–H and O–H groups in total. The van der Waals surface area contributed by atoms with Crippen molar-refractivity contribution in [3.63, 3.8) is 0 Å². The molecule has 0 aliphatic heterocycles. The van der Waals surface area contributed by atoms with Crippen molar-refractivity contribution >= 4 is 21.5 Å². The molecule has 0 aliphatic rings. The second-order valence-electron chi connectivity index (χ2n) is 5.62. The summed E-state index contributed by atoms with van der Waals surface area (Å²) >= 11 is 0. The van der Waals surface area contributed by atoms with E-state index in [0.717, 1.165) is 13.3 Å². The quantitative estimate of drug-likeness (QED) is 0.487. The molecule has 29 heavy (non-hydrogen) atoms. The molecule has 0 unspecified atom stereocenters. The lowest BCUT2D eigenvalue weighted by atomic mass is 10.3. The molecule has 0 aromatic heterocycles. The van der Waals surface area contributed by atoms with Crippen molar-refractivity contribution < 1.29 is 32.2 Å². The summed E-state index contributed by atoms with van der Waals surface area (Å²) in [7, 11) is -0.0353. The molecule has 0 heterocycles. The van der Waals surface area contributed by atoms with Crippen molar-refractivity contribution in [1.82, 2.24) is 0 Å². The van der Waals surface area contributed by atoms with Crippen molar-refractivity contribution in [2.24, 2.45) is 0 Å². The summed E-state index contributed by atoms with van der Waals surface area (Å²) in [5.74, 6) is 0.488. The Kier molecular flexibility index (Phi) is 7.49. The van der Waals surface area contributed by atoms with Crippen LogP contribution in [0.3, 0.4) is 0 Å². The molecule has 2 rings (SSSR count). The number of nitrogens with one attached hydrogen (secondary N) is 1. The number of hydrogen-bond acceptors (Lipinski definition) is 8. The van der Waals surface area contributed by atoms with Gasteiger partial charge in [0.15, 0.2) is 16.4 Å². The van der Waals surface area contributed by atoms with E-state index >= 15 is 0 Å². The van der Waals surface area contributed by atoms with E-state index in [1.54, 1.807) is 18.2 Å². The fraction of sp³-hybridized carbons (Fsp3) is 0.250. The molecule has 0 saturated carbocycles. The van der Waals surface area contributed by atoms with Gasteiger partial charge in [-0.3, -0.25) is 0 Å². The number of carbonyl (C=O) groups is 1. The van der Waals surface area contributed by atoms with Gasteiger partial charge in [-0.1, -0.05) is 0 Å². The molecule has 2 aromatic carbocycles. The van der Waals surface area contributed by atoms with Gasteiger partial charge in [-0.15, -0.1) is 0 Å². The molecule has 0 saturated heterocycles. The molecule has 0 radical (unpaired) electrons. The van der Waals surface area contributed by atoms with Crippen LogP contribution in [0.25, 0.3) is 0 Å². The molecular weight excluding hydrogens is 398 g/mol. The highest BCUT2D eigenvalue weighted by molar-refractivity contribution is 7.96. The zero-order valence-electron chi connectivity index (χ0n) is 16.6. The largest absolute Gasteiger partial charge is 0.494 e. The number of methoxy groups -OCH3 is 3. The second kappa shape index (κ2) is 9.83. The van der Waals surface area contributed by atoms with E-state index in [0.29, 0.717) is 29.5 Å². The van der Waals surface area contributed by atoms with E-state index in [1.807, 2.05) is 6.92 Å². The molecular formula is C20H23NO7S. The molecule has 0 aliphatic carbocycles. The lowest BCUT2D eigenvalue weighted by Crippen LogP contribution is -2.17. The van der Waals surface area contributed by atoms with Crippen LogP contribution in [0.15, 0.2) is 58.5 Å². The minimum Gasteiger partial charge on any atom is -0.494 e. The Morgan fingerprint density at radius 3 is 2.21 bits per heavy atom. The van der Waals surface area contributed by atoms with Crippen LogP contribution in [0.4, 0.5) is 5.69 Å². The predicted octanol–water partition coefficient (Wildman–Crippen LogP) is 3.00. The van der Waals surface area contributed by atoms with E-state index in [4.69, 9.17) is 14.2 Å². The standard InChI is InChI=1S/C20H23NO7S/c1-5-28-15-7-9-16(10-8-15)29(23,24)19(20(22)27-4)13-21-14-6-11-17(25-2)18(12-14)26-3/h6-13,21H,5H2,1-4H3. The summed E-state index contributed by atoms with van der Waals surface area (Å²) in [4.78, 5) is 11.6. The number of esters is 1. The number of carbonyl (C=O) groups excluding carboxylic acids is 1. The molecule has 0 atom stereocenters. The van der Waals surface area contributed by atoms with Crippen molar-refractivity contribution in [3.05, 3.63) is 53.6 Å². The van der Waals surface area contributed by atoms with Gasteiger partial charge in [0.1, 0.15) is 5.75 Å². The van der Waals surface area contributed by atoms with Crippen LogP contribution in [-0.4, -0.2) is 42.3 Å². The third-order valence-corrected chi connectivity index (χ3v) is 5.63. The number of rotatable bonds is 9. The average Bonchev–Trinajstić information content (AvgIpc) is 2.73. The first-order valence-electron chi connectivity index (χ1n) is 8.62. The summed E-state index contributed by atoms with van der Waals surface area (Å²) in [5.41, 5.74) is 0.492. The Bertz CT molecular complexity index is 982. The summed E-state index contributed by atoms with van der Waals surface area (Å²) in [6.07, 6.45) is 1.08. The second-order valence-corrected chi connectivity index (χ2v) is 7.54. The molecule has 8 nitrogen and oxygen atoms in total. The molecule has 0 spiro atoms. The third-order valence-electron chi connectivity index (χ3n) is 3.87. The van der Waals surface area contributed by atoms with E-state index in [2.05, 4.69) is 10.1 Å². The monoisotopic (exact) mass is 421 g/mol. The number of hydrogen-bond donors (Lipinski definition) is 1. The number of benzene rings is 2. The van der Waals surface area contributed by atoms with E-state index in [9.17, 15) is 13.2 Å². The Morgan fingerprint density at radius 1 is 1.00 bits per heavy atom. The molecule has 0 amide bonds. The predicted molar refractivity (Wildman–Crippen MR) is 108 cm³/mol. The fourth-order valence-corrected chi connectivity index (χ4v) is 3.70. The number of ether oxygens (including phenoxy) is 4. The minimum absolute atomic E-state index is 0.0632. The SMILES string of the molecule is CCOc1ccc(S(=O)(=O)C(=CNc2ccc(OC)c(OC)c2)C(=O)OC)cc1. The summed E-state index contributed by atoms with van der Waals surface area (Å²) in [6.45, 7) is 2.28. The van der Waals surface area contributed by atoms with E-state index in [1.165, 1.54) is 38.5 Å². The van der Waals surface area contributed by atoms with E-state index < -0.39 is 20.7 Å². The topological polar surface area (TPSA) is 100 Å². The Morgan fingerprint density at radius 2 is 1.66 bits per heavy atom. The summed E-state index contributed by atoms with van der Waals surface area (Å²) in [5, 5.41) is 2.79. The van der Waals surface area contributed by atoms with Crippen LogP contribution in [0.1, 0.15) is 6.92 Å². The van der Waals surface area contributed by atoms with Crippen LogP contribution in [0.5, 0.6) is 17.2 Å². The zero-order valence-corrected chi connectivity index (χ0v) is 17.4. The fourth-order valence-electron chi connectivity index (χ4n) is 2.43. The van der Waals surface area contributed by atoms with Gasteiger partial charge >= 0.3 is 5.97 Å². The lowest BCUT2D eigenvalue weighted by molar-refractivity contribution is -0.135. The first-order chi connectivity index (χ1) is 13.9. The highest BCUT2D eigenvalue weighted by atomic mass is 32.2. The van der Waals surface area contributed by atoms with E-state index in [-0.39, 0.29) is 4.90 Å².